The van der Waals surface area contributed by atoms with Gasteiger partial charge in [-0.15, -0.1) is 0 Å². The minimum atomic E-state index is -0.731. The Kier molecular flexibility index (Phi) is 6.17. The number of amides is 2. The van der Waals surface area contributed by atoms with Crippen molar-refractivity contribution in [3.8, 4) is 22.7 Å². The van der Waals surface area contributed by atoms with Crippen molar-refractivity contribution >= 4 is 12.0 Å². The van der Waals surface area contributed by atoms with E-state index in [2.05, 4.69) is 10.6 Å². The maximum absolute atomic E-state index is 12.6. The van der Waals surface area contributed by atoms with Gasteiger partial charge in [-0.05, 0) is 57.2 Å². The Morgan fingerprint density at radius 3 is 2.42 bits per heavy atom. The molecule has 8 nitrogen and oxygen atoms in total. The highest BCUT2D eigenvalue weighted by molar-refractivity contribution is 5.95. The summed E-state index contributed by atoms with van der Waals surface area (Å²) in [6, 6.07) is 16.1. The van der Waals surface area contributed by atoms with Gasteiger partial charge in [0.15, 0.2) is 0 Å². The Balaban J connectivity index is 1.86. The van der Waals surface area contributed by atoms with E-state index in [0.717, 1.165) is 17.0 Å². The highest BCUT2D eigenvalue weighted by Crippen LogP contribution is 2.35. The van der Waals surface area contributed by atoms with Crippen molar-refractivity contribution in [3.63, 3.8) is 0 Å². The van der Waals surface area contributed by atoms with Crippen molar-refractivity contribution in [2.75, 3.05) is 7.11 Å². The predicted molar refractivity (Wildman–Crippen MR) is 124 cm³/mol. The molecule has 1 aliphatic rings. The number of hydrogen-bond acceptors (Lipinski definition) is 5. The van der Waals surface area contributed by atoms with Crippen LogP contribution in [0.1, 0.15) is 32.4 Å². The van der Waals surface area contributed by atoms with E-state index < -0.39 is 18.0 Å². The Morgan fingerprint density at radius 2 is 1.79 bits per heavy atom. The van der Waals surface area contributed by atoms with Crippen LogP contribution in [-0.4, -0.2) is 35.0 Å². The third-order valence-electron chi connectivity index (χ3n) is 5.25. The van der Waals surface area contributed by atoms with Crippen LogP contribution < -0.4 is 15.4 Å². The molecular weight excluding hydrogens is 420 g/mol. The monoisotopic (exact) mass is 446 g/mol. The summed E-state index contributed by atoms with van der Waals surface area (Å²) in [4.78, 5) is 25.0. The molecule has 0 radical (unpaired) electrons. The quantitative estimate of drug-likeness (QED) is 0.556. The molecule has 3 aromatic rings. The van der Waals surface area contributed by atoms with Gasteiger partial charge in [-0.25, -0.2) is 14.3 Å². The smallest absolute Gasteiger partial charge is 0.337 e. The first-order valence-electron chi connectivity index (χ1n) is 10.7. The fraction of sp³-hybridized carbons (Fsp3) is 0.240. The molecule has 33 heavy (non-hydrogen) atoms. The Labute approximate surface area is 192 Å². The summed E-state index contributed by atoms with van der Waals surface area (Å²) in [5, 5.41) is 10.3. The van der Waals surface area contributed by atoms with Gasteiger partial charge in [0.1, 0.15) is 5.75 Å². The van der Waals surface area contributed by atoms with Gasteiger partial charge in [0, 0.05) is 23.0 Å². The lowest BCUT2D eigenvalue weighted by molar-refractivity contribution is -0.136. The summed E-state index contributed by atoms with van der Waals surface area (Å²) in [6.07, 6.45) is 1.89. The molecule has 0 fully saturated rings. The number of hydrogen-bond donors (Lipinski definition) is 2. The molecule has 0 aliphatic carbocycles. The molecule has 170 valence electrons. The topological polar surface area (TPSA) is 94.5 Å². The molecule has 0 unspecified atom stereocenters. The number of carbonyl (C=O) groups excluding carboxylic acids is 2. The van der Waals surface area contributed by atoms with E-state index in [1.54, 1.807) is 11.6 Å². The lowest BCUT2D eigenvalue weighted by atomic mass is 9.94. The molecular formula is C25H26N4O4. The summed E-state index contributed by atoms with van der Waals surface area (Å²) in [5.74, 6) is 0.225. The zero-order valence-corrected chi connectivity index (χ0v) is 19.0. The second kappa shape index (κ2) is 9.20. The van der Waals surface area contributed by atoms with Crippen molar-refractivity contribution in [3.05, 3.63) is 77.6 Å². The molecule has 8 heteroatoms. The predicted octanol–water partition coefficient (Wildman–Crippen LogP) is 4.13. The van der Waals surface area contributed by atoms with Crippen LogP contribution in [0.25, 0.3) is 16.9 Å². The SMILES string of the molecule is COC(=O)C1=C(C)NC(=O)N[C@H]1c1cn(-c2ccccc2)nc1-c1ccc(OC(C)C)cc1. The van der Waals surface area contributed by atoms with Crippen LogP contribution >= 0.6 is 0 Å². The van der Waals surface area contributed by atoms with Crippen molar-refractivity contribution in [2.45, 2.75) is 32.9 Å². The molecule has 0 saturated carbocycles. The lowest BCUT2D eigenvalue weighted by Gasteiger charge is -2.27. The first-order valence-corrected chi connectivity index (χ1v) is 10.7. The molecule has 1 aliphatic heterocycles. The molecule has 4 rings (SSSR count). The number of allylic oxidation sites excluding steroid dienone is 1. The number of esters is 1. The van der Waals surface area contributed by atoms with Gasteiger partial charge >= 0.3 is 12.0 Å². The first kappa shape index (κ1) is 22.1. The average Bonchev–Trinajstić information content (AvgIpc) is 3.24. The molecule has 0 bridgehead atoms. The van der Waals surface area contributed by atoms with Gasteiger partial charge in [-0.3, -0.25) is 0 Å². The number of para-hydroxylation sites is 1. The highest BCUT2D eigenvalue weighted by atomic mass is 16.5. The first-order chi connectivity index (χ1) is 15.9. The Hall–Kier alpha value is -4.07. The van der Waals surface area contributed by atoms with E-state index in [9.17, 15) is 9.59 Å². The maximum Gasteiger partial charge on any atom is 0.337 e. The number of ether oxygens (including phenoxy) is 2. The van der Waals surface area contributed by atoms with Gasteiger partial charge in [0.25, 0.3) is 0 Å². The van der Waals surface area contributed by atoms with Gasteiger partial charge in [-0.2, -0.15) is 5.10 Å². The van der Waals surface area contributed by atoms with Crippen LogP contribution in [0.4, 0.5) is 4.79 Å². The van der Waals surface area contributed by atoms with Crippen LogP contribution in [-0.2, 0) is 9.53 Å². The molecule has 0 saturated heterocycles. The number of urea groups is 1. The van der Waals surface area contributed by atoms with Gasteiger partial charge in [0.05, 0.1) is 36.2 Å². The number of nitrogens with one attached hydrogen (secondary N) is 2. The van der Waals surface area contributed by atoms with Crippen molar-refractivity contribution < 1.29 is 19.1 Å². The number of benzene rings is 2. The van der Waals surface area contributed by atoms with Crippen LogP contribution in [0, 0.1) is 0 Å². The van der Waals surface area contributed by atoms with E-state index >= 15 is 0 Å². The van der Waals surface area contributed by atoms with Crippen molar-refractivity contribution in [1.29, 1.82) is 0 Å². The van der Waals surface area contributed by atoms with Gasteiger partial charge < -0.3 is 20.1 Å². The molecule has 2 amide bonds. The summed E-state index contributed by atoms with van der Waals surface area (Å²) in [5.41, 5.74) is 3.75. The Morgan fingerprint density at radius 1 is 1.09 bits per heavy atom. The summed E-state index contributed by atoms with van der Waals surface area (Å²) < 4.78 is 12.5. The molecule has 0 spiro atoms. The minimum Gasteiger partial charge on any atom is -0.491 e. The zero-order chi connectivity index (χ0) is 23.5. The molecule has 2 N–H and O–H groups in total. The minimum absolute atomic E-state index is 0.0596. The van der Waals surface area contributed by atoms with Crippen molar-refractivity contribution in [2.24, 2.45) is 0 Å². The van der Waals surface area contributed by atoms with Crippen LogP contribution in [0.2, 0.25) is 0 Å². The zero-order valence-electron chi connectivity index (χ0n) is 19.0. The van der Waals surface area contributed by atoms with E-state index in [1.165, 1.54) is 7.11 Å². The van der Waals surface area contributed by atoms with Gasteiger partial charge in [-0.1, -0.05) is 18.2 Å². The van der Waals surface area contributed by atoms with Crippen LogP contribution in [0.5, 0.6) is 5.75 Å². The largest absolute Gasteiger partial charge is 0.491 e. The summed E-state index contributed by atoms with van der Waals surface area (Å²) in [7, 11) is 1.32. The standard InChI is InChI=1S/C25H26N4O4/c1-15(2)33-19-12-10-17(11-13-19)22-20(14-29(28-22)18-8-6-5-7-9-18)23-21(24(30)32-4)16(3)26-25(31)27-23/h5-15,23H,1-4H3,(H2,26,27,31)/t23-/m0/s1. The summed E-state index contributed by atoms with van der Waals surface area (Å²) in [6.45, 7) is 5.62. The van der Waals surface area contributed by atoms with E-state index in [-0.39, 0.29) is 6.10 Å². The maximum atomic E-state index is 12.6. The number of nitrogens with zero attached hydrogens (tertiary/aromatic N) is 2. The second-order valence-corrected chi connectivity index (χ2v) is 7.97. The molecule has 2 aromatic carbocycles. The van der Waals surface area contributed by atoms with E-state index in [1.807, 2.05) is 74.6 Å². The van der Waals surface area contributed by atoms with E-state index in [0.29, 0.717) is 22.5 Å². The van der Waals surface area contributed by atoms with Crippen molar-refractivity contribution in [1.82, 2.24) is 20.4 Å². The summed E-state index contributed by atoms with van der Waals surface area (Å²) >= 11 is 0. The fourth-order valence-corrected chi connectivity index (χ4v) is 3.81. The number of aromatic nitrogens is 2. The second-order valence-electron chi connectivity index (χ2n) is 7.97. The molecule has 2 heterocycles. The third-order valence-corrected chi connectivity index (χ3v) is 5.25. The van der Waals surface area contributed by atoms with Gasteiger partial charge in [0.2, 0.25) is 0 Å². The average molecular weight is 447 g/mol. The lowest BCUT2D eigenvalue weighted by Crippen LogP contribution is -2.45. The number of carbonyl (C=O) groups is 2. The fourth-order valence-electron chi connectivity index (χ4n) is 3.81. The number of rotatable bonds is 6. The third kappa shape index (κ3) is 4.59. The Bertz CT molecular complexity index is 1200. The van der Waals surface area contributed by atoms with Crippen LogP contribution in [0.3, 0.4) is 0 Å². The van der Waals surface area contributed by atoms with E-state index in [4.69, 9.17) is 14.6 Å². The molecule has 1 aromatic heterocycles. The van der Waals surface area contributed by atoms with Crippen LogP contribution in [0.15, 0.2) is 72.1 Å². The number of methoxy groups -OCH3 is 1. The highest BCUT2D eigenvalue weighted by Gasteiger charge is 2.35. The molecule has 1 atom stereocenters. The normalized spacial score (nSPS) is 15.8.